The Bertz CT molecular complexity index is 230. The van der Waals surface area contributed by atoms with Crippen molar-refractivity contribution < 1.29 is 0 Å². The first kappa shape index (κ1) is 9.11. The Morgan fingerprint density at radius 1 is 1.25 bits per heavy atom. The molecule has 0 fully saturated rings. The van der Waals surface area contributed by atoms with Gasteiger partial charge in [0, 0.05) is 12.7 Å². The molecule has 66 valence electrons. The molecule has 1 nitrogen and oxygen atoms in total. The minimum Gasteiger partial charge on any atom is -0.388 e. The molecular formula is C11H17N. The van der Waals surface area contributed by atoms with Crippen LogP contribution in [-0.2, 0) is 6.42 Å². The molecule has 0 amide bonds. The molecular weight excluding hydrogens is 146 g/mol. The van der Waals surface area contributed by atoms with Crippen LogP contribution in [0.2, 0.25) is 0 Å². The van der Waals surface area contributed by atoms with E-state index < -0.39 is 0 Å². The standard InChI is InChI=1S/C11H17N/c1-3-4-7-10-8-5-6-9-11(10)12-2/h5-6,8-9,12H,3-4,7H2,1-2H3. The molecule has 0 aromatic heterocycles. The number of benzene rings is 1. The summed E-state index contributed by atoms with van der Waals surface area (Å²) in [6.45, 7) is 2.22. The molecule has 0 saturated heterocycles. The van der Waals surface area contributed by atoms with Crippen LogP contribution in [0.5, 0.6) is 0 Å². The fourth-order valence-corrected chi connectivity index (χ4v) is 1.35. The number of hydrogen-bond donors (Lipinski definition) is 1. The number of rotatable bonds is 4. The predicted octanol–water partition coefficient (Wildman–Crippen LogP) is 3.07. The van der Waals surface area contributed by atoms with E-state index in [-0.39, 0.29) is 0 Å². The van der Waals surface area contributed by atoms with Crippen molar-refractivity contribution >= 4 is 5.69 Å². The van der Waals surface area contributed by atoms with E-state index in [4.69, 9.17) is 0 Å². The number of para-hydroxylation sites is 1. The zero-order chi connectivity index (χ0) is 8.81. The number of nitrogens with one attached hydrogen (secondary N) is 1. The lowest BCUT2D eigenvalue weighted by Gasteiger charge is -2.07. The maximum absolute atomic E-state index is 3.20. The third kappa shape index (κ3) is 2.26. The Morgan fingerprint density at radius 3 is 2.67 bits per heavy atom. The first-order valence-electron chi connectivity index (χ1n) is 4.64. The quantitative estimate of drug-likeness (QED) is 0.719. The lowest BCUT2D eigenvalue weighted by molar-refractivity contribution is 0.796. The van der Waals surface area contributed by atoms with E-state index in [2.05, 4.69) is 36.5 Å². The molecule has 0 aliphatic carbocycles. The molecule has 1 heteroatoms. The lowest BCUT2D eigenvalue weighted by atomic mass is 10.1. The third-order valence-corrected chi connectivity index (χ3v) is 2.09. The Balaban J connectivity index is 2.68. The number of unbranched alkanes of at least 4 members (excludes halogenated alkanes) is 1. The van der Waals surface area contributed by atoms with Gasteiger partial charge in [0.25, 0.3) is 0 Å². The average molecular weight is 163 g/mol. The second-order valence-corrected chi connectivity index (χ2v) is 3.01. The number of anilines is 1. The van der Waals surface area contributed by atoms with Crippen LogP contribution in [0.3, 0.4) is 0 Å². The van der Waals surface area contributed by atoms with Gasteiger partial charge in [-0.15, -0.1) is 0 Å². The summed E-state index contributed by atoms with van der Waals surface area (Å²) in [5, 5.41) is 3.20. The van der Waals surface area contributed by atoms with Crippen molar-refractivity contribution in [2.45, 2.75) is 26.2 Å². The highest BCUT2D eigenvalue weighted by Crippen LogP contribution is 2.16. The van der Waals surface area contributed by atoms with Crippen LogP contribution in [0.25, 0.3) is 0 Å². The molecule has 0 radical (unpaired) electrons. The van der Waals surface area contributed by atoms with Gasteiger partial charge in [-0.1, -0.05) is 31.5 Å². The van der Waals surface area contributed by atoms with Gasteiger partial charge in [0.05, 0.1) is 0 Å². The summed E-state index contributed by atoms with van der Waals surface area (Å²) in [7, 11) is 1.98. The molecule has 1 N–H and O–H groups in total. The van der Waals surface area contributed by atoms with Crippen molar-refractivity contribution in [2.75, 3.05) is 12.4 Å². The second-order valence-electron chi connectivity index (χ2n) is 3.01. The normalized spacial score (nSPS) is 9.83. The van der Waals surface area contributed by atoms with Gasteiger partial charge >= 0.3 is 0 Å². The summed E-state index contributed by atoms with van der Waals surface area (Å²) in [5.41, 5.74) is 2.70. The SMILES string of the molecule is CCCCc1ccccc1NC. The maximum Gasteiger partial charge on any atom is 0.0370 e. The summed E-state index contributed by atoms with van der Waals surface area (Å²) < 4.78 is 0. The molecule has 0 heterocycles. The fourth-order valence-electron chi connectivity index (χ4n) is 1.35. The average Bonchev–Trinajstić information content (AvgIpc) is 2.15. The Labute approximate surface area is 74.8 Å². The Morgan fingerprint density at radius 2 is 2.00 bits per heavy atom. The summed E-state index contributed by atoms with van der Waals surface area (Å²) >= 11 is 0. The molecule has 1 rings (SSSR count). The molecule has 1 aromatic rings. The highest BCUT2D eigenvalue weighted by Gasteiger charge is 1.97. The van der Waals surface area contributed by atoms with E-state index in [1.165, 1.54) is 30.5 Å². The number of hydrogen-bond acceptors (Lipinski definition) is 1. The van der Waals surface area contributed by atoms with Crippen LogP contribution in [0, 0.1) is 0 Å². The molecule has 0 atom stereocenters. The van der Waals surface area contributed by atoms with Gasteiger partial charge in [-0.3, -0.25) is 0 Å². The van der Waals surface area contributed by atoms with Crippen molar-refractivity contribution in [1.82, 2.24) is 0 Å². The van der Waals surface area contributed by atoms with Crippen LogP contribution < -0.4 is 5.32 Å². The van der Waals surface area contributed by atoms with Crippen molar-refractivity contribution in [2.24, 2.45) is 0 Å². The molecule has 0 unspecified atom stereocenters. The first-order valence-corrected chi connectivity index (χ1v) is 4.64. The smallest absolute Gasteiger partial charge is 0.0370 e. The van der Waals surface area contributed by atoms with E-state index in [0.29, 0.717) is 0 Å². The molecule has 1 aromatic carbocycles. The highest BCUT2D eigenvalue weighted by molar-refractivity contribution is 5.50. The van der Waals surface area contributed by atoms with Crippen molar-refractivity contribution in [3.63, 3.8) is 0 Å². The second kappa shape index (κ2) is 4.81. The van der Waals surface area contributed by atoms with Crippen LogP contribution in [0.1, 0.15) is 25.3 Å². The maximum atomic E-state index is 3.20. The third-order valence-electron chi connectivity index (χ3n) is 2.09. The lowest BCUT2D eigenvalue weighted by Crippen LogP contribution is -1.94. The number of aryl methyl sites for hydroxylation is 1. The van der Waals surface area contributed by atoms with Crippen LogP contribution in [0.4, 0.5) is 5.69 Å². The van der Waals surface area contributed by atoms with Crippen molar-refractivity contribution in [1.29, 1.82) is 0 Å². The van der Waals surface area contributed by atoms with Gasteiger partial charge < -0.3 is 5.32 Å². The summed E-state index contributed by atoms with van der Waals surface area (Å²) in [6, 6.07) is 8.50. The Hall–Kier alpha value is -0.980. The van der Waals surface area contributed by atoms with Crippen molar-refractivity contribution in [3.8, 4) is 0 Å². The molecule has 0 aliphatic rings. The van der Waals surface area contributed by atoms with Gasteiger partial charge in [0.15, 0.2) is 0 Å². The van der Waals surface area contributed by atoms with Crippen molar-refractivity contribution in [3.05, 3.63) is 29.8 Å². The van der Waals surface area contributed by atoms with E-state index >= 15 is 0 Å². The van der Waals surface area contributed by atoms with Crippen LogP contribution >= 0.6 is 0 Å². The van der Waals surface area contributed by atoms with Gasteiger partial charge in [-0.25, -0.2) is 0 Å². The zero-order valence-electron chi connectivity index (χ0n) is 7.93. The molecule has 12 heavy (non-hydrogen) atoms. The summed E-state index contributed by atoms with van der Waals surface area (Å²) in [5.74, 6) is 0. The van der Waals surface area contributed by atoms with Gasteiger partial charge in [0.1, 0.15) is 0 Å². The molecule has 0 spiro atoms. The predicted molar refractivity (Wildman–Crippen MR) is 54.6 cm³/mol. The Kier molecular flexibility index (Phi) is 3.65. The molecule has 0 saturated carbocycles. The minimum atomic E-state index is 1.19. The monoisotopic (exact) mass is 163 g/mol. The zero-order valence-corrected chi connectivity index (χ0v) is 7.93. The summed E-state index contributed by atoms with van der Waals surface area (Å²) in [4.78, 5) is 0. The van der Waals surface area contributed by atoms with E-state index in [1.54, 1.807) is 0 Å². The van der Waals surface area contributed by atoms with E-state index in [9.17, 15) is 0 Å². The van der Waals surface area contributed by atoms with Crippen LogP contribution in [0.15, 0.2) is 24.3 Å². The fraction of sp³-hybridized carbons (Fsp3) is 0.455. The molecule has 0 aliphatic heterocycles. The molecule has 0 bridgehead atoms. The van der Waals surface area contributed by atoms with E-state index in [1.807, 2.05) is 7.05 Å². The van der Waals surface area contributed by atoms with E-state index in [0.717, 1.165) is 0 Å². The minimum absolute atomic E-state index is 1.19. The topological polar surface area (TPSA) is 12.0 Å². The van der Waals surface area contributed by atoms with Gasteiger partial charge in [-0.05, 0) is 24.5 Å². The van der Waals surface area contributed by atoms with Gasteiger partial charge in [-0.2, -0.15) is 0 Å². The highest BCUT2D eigenvalue weighted by atomic mass is 14.8. The summed E-state index contributed by atoms with van der Waals surface area (Å²) in [6.07, 6.45) is 3.73. The van der Waals surface area contributed by atoms with Gasteiger partial charge in [0.2, 0.25) is 0 Å². The van der Waals surface area contributed by atoms with Crippen LogP contribution in [-0.4, -0.2) is 7.05 Å². The first-order chi connectivity index (χ1) is 5.88. The largest absolute Gasteiger partial charge is 0.388 e.